The summed E-state index contributed by atoms with van der Waals surface area (Å²) in [5.74, 6) is -0.898. The lowest BCUT2D eigenvalue weighted by Crippen LogP contribution is -2.51. The Morgan fingerprint density at radius 2 is 1.88 bits per heavy atom. The zero-order valence-electron chi connectivity index (χ0n) is 18.0. The van der Waals surface area contributed by atoms with Gasteiger partial charge >= 0.3 is 6.03 Å². The van der Waals surface area contributed by atoms with E-state index in [-0.39, 0.29) is 6.54 Å². The van der Waals surface area contributed by atoms with E-state index in [0.717, 1.165) is 25.8 Å². The van der Waals surface area contributed by atoms with Gasteiger partial charge in [-0.05, 0) is 44.5 Å². The van der Waals surface area contributed by atoms with Crippen molar-refractivity contribution >= 4 is 39.4 Å². The number of carbonyl (C=O) groups is 3. The van der Waals surface area contributed by atoms with Crippen LogP contribution in [0.4, 0.5) is 4.79 Å². The second kappa shape index (κ2) is 9.05. The van der Waals surface area contributed by atoms with E-state index in [2.05, 4.69) is 15.7 Å². The van der Waals surface area contributed by atoms with Gasteiger partial charge in [-0.2, -0.15) is 5.01 Å². The quantitative estimate of drug-likeness (QED) is 0.514. The molecule has 0 saturated carbocycles. The predicted octanol–water partition coefficient (Wildman–Crippen LogP) is 2.70. The summed E-state index contributed by atoms with van der Waals surface area (Å²) in [7, 11) is 1.79. The van der Waals surface area contributed by atoms with Crippen molar-refractivity contribution in [3.05, 3.63) is 65.2 Å². The maximum absolute atomic E-state index is 12.9. The summed E-state index contributed by atoms with van der Waals surface area (Å²) < 4.78 is 1.09. The Morgan fingerprint density at radius 1 is 1.16 bits per heavy atom. The standard InChI is InChI=1S/C23H25N5O3S/c1-23(13-12-16-8-4-3-5-9-16)21(30)28(22(31)25-23)26-19(29)14-27(2)15-20-24-17-10-6-7-11-18(17)32-20/h3-11H,12-15H2,1-2H3,(H,25,31)(H,26,29)/t23-/m0/s1. The average Bonchev–Trinajstić information content (AvgIpc) is 3.26. The number of carbonyl (C=O) groups excluding carboxylic acids is 3. The number of thiazole rings is 1. The minimum Gasteiger partial charge on any atom is -0.322 e. The number of amides is 4. The van der Waals surface area contributed by atoms with Crippen LogP contribution in [0, 0.1) is 0 Å². The zero-order chi connectivity index (χ0) is 22.7. The zero-order valence-corrected chi connectivity index (χ0v) is 18.8. The number of fused-ring (bicyclic) bond motifs is 1. The number of urea groups is 1. The molecule has 0 unspecified atom stereocenters. The lowest BCUT2D eigenvalue weighted by molar-refractivity contribution is -0.139. The summed E-state index contributed by atoms with van der Waals surface area (Å²) in [6.45, 7) is 2.19. The normalized spacial score (nSPS) is 18.4. The Bertz CT molecular complexity index is 1120. The van der Waals surface area contributed by atoms with Gasteiger partial charge in [0.1, 0.15) is 10.5 Å². The molecule has 3 aromatic rings. The molecule has 1 atom stereocenters. The van der Waals surface area contributed by atoms with E-state index in [9.17, 15) is 14.4 Å². The molecule has 4 rings (SSSR count). The van der Waals surface area contributed by atoms with Gasteiger partial charge in [0.25, 0.3) is 11.8 Å². The van der Waals surface area contributed by atoms with Crippen LogP contribution >= 0.6 is 11.3 Å². The van der Waals surface area contributed by atoms with Gasteiger partial charge in [0.05, 0.1) is 23.3 Å². The Kier molecular flexibility index (Phi) is 6.20. The number of nitrogens with zero attached hydrogens (tertiary/aromatic N) is 3. The average molecular weight is 452 g/mol. The molecule has 1 aliphatic heterocycles. The van der Waals surface area contributed by atoms with Crippen LogP contribution in [-0.2, 0) is 22.6 Å². The lowest BCUT2D eigenvalue weighted by atomic mass is 9.93. The summed E-state index contributed by atoms with van der Waals surface area (Å²) in [5, 5.41) is 4.40. The van der Waals surface area contributed by atoms with Crippen LogP contribution in [0.2, 0.25) is 0 Å². The molecular formula is C23H25N5O3S. The second-order valence-corrected chi connectivity index (χ2v) is 9.29. The summed E-state index contributed by atoms with van der Waals surface area (Å²) in [6.07, 6.45) is 1.07. The van der Waals surface area contributed by atoms with Crippen molar-refractivity contribution in [2.24, 2.45) is 0 Å². The van der Waals surface area contributed by atoms with Gasteiger partial charge in [0, 0.05) is 0 Å². The van der Waals surface area contributed by atoms with E-state index in [0.29, 0.717) is 19.4 Å². The van der Waals surface area contributed by atoms with E-state index in [1.54, 1.807) is 30.2 Å². The number of nitrogens with one attached hydrogen (secondary N) is 2. The molecule has 2 aromatic carbocycles. The number of hydrogen-bond donors (Lipinski definition) is 2. The highest BCUT2D eigenvalue weighted by molar-refractivity contribution is 7.18. The second-order valence-electron chi connectivity index (χ2n) is 8.17. The van der Waals surface area contributed by atoms with E-state index in [1.165, 1.54) is 0 Å². The molecule has 166 valence electrons. The number of benzene rings is 2. The summed E-state index contributed by atoms with van der Waals surface area (Å²) in [6, 6.07) is 17.0. The van der Waals surface area contributed by atoms with Crippen LogP contribution in [0.25, 0.3) is 10.2 Å². The summed E-state index contributed by atoms with van der Waals surface area (Å²) in [5.41, 5.74) is 3.40. The molecule has 1 aliphatic rings. The minimum atomic E-state index is -1.06. The SMILES string of the molecule is CN(CC(=O)NN1C(=O)N[C@@](C)(CCc2ccccc2)C1=O)Cc1nc2ccccc2s1. The van der Waals surface area contributed by atoms with Gasteiger partial charge in [-0.15, -0.1) is 11.3 Å². The highest BCUT2D eigenvalue weighted by Crippen LogP contribution is 2.23. The van der Waals surface area contributed by atoms with Crippen molar-refractivity contribution in [1.82, 2.24) is 25.6 Å². The van der Waals surface area contributed by atoms with Crippen molar-refractivity contribution in [3.63, 3.8) is 0 Å². The molecule has 4 amide bonds. The number of aromatic nitrogens is 1. The number of para-hydroxylation sites is 1. The molecular weight excluding hydrogens is 426 g/mol. The van der Waals surface area contributed by atoms with Crippen molar-refractivity contribution in [3.8, 4) is 0 Å². The molecule has 2 N–H and O–H groups in total. The van der Waals surface area contributed by atoms with Gasteiger partial charge in [-0.3, -0.25) is 19.9 Å². The smallest absolute Gasteiger partial charge is 0.322 e. The molecule has 0 aliphatic carbocycles. The van der Waals surface area contributed by atoms with Crippen LogP contribution < -0.4 is 10.7 Å². The van der Waals surface area contributed by atoms with Crippen molar-refractivity contribution in [1.29, 1.82) is 0 Å². The monoisotopic (exact) mass is 451 g/mol. The van der Waals surface area contributed by atoms with E-state index < -0.39 is 23.4 Å². The van der Waals surface area contributed by atoms with Crippen LogP contribution in [0.5, 0.6) is 0 Å². The van der Waals surface area contributed by atoms with Crippen molar-refractivity contribution in [2.45, 2.75) is 31.8 Å². The first kappa shape index (κ1) is 21.9. The summed E-state index contributed by atoms with van der Waals surface area (Å²) >= 11 is 1.58. The number of hydrogen-bond acceptors (Lipinski definition) is 6. The first-order valence-corrected chi connectivity index (χ1v) is 11.2. The molecule has 9 heteroatoms. The topological polar surface area (TPSA) is 94.6 Å². The van der Waals surface area contributed by atoms with Gasteiger partial charge in [-0.1, -0.05) is 42.5 Å². The molecule has 1 fully saturated rings. The highest BCUT2D eigenvalue weighted by Gasteiger charge is 2.48. The third-order valence-electron chi connectivity index (χ3n) is 5.41. The van der Waals surface area contributed by atoms with Crippen molar-refractivity contribution in [2.75, 3.05) is 13.6 Å². The molecule has 0 spiro atoms. The Morgan fingerprint density at radius 3 is 2.62 bits per heavy atom. The van der Waals surface area contributed by atoms with Crippen LogP contribution in [0.15, 0.2) is 54.6 Å². The Hall–Kier alpha value is -3.30. The molecule has 0 radical (unpaired) electrons. The fourth-order valence-corrected chi connectivity index (χ4v) is 4.72. The third-order valence-corrected chi connectivity index (χ3v) is 6.43. The molecule has 0 bridgehead atoms. The fraction of sp³-hybridized carbons (Fsp3) is 0.304. The Labute approximate surface area is 190 Å². The molecule has 2 heterocycles. The van der Waals surface area contributed by atoms with Gasteiger partial charge in [0.15, 0.2) is 0 Å². The maximum Gasteiger partial charge on any atom is 0.344 e. The van der Waals surface area contributed by atoms with Crippen LogP contribution in [0.3, 0.4) is 0 Å². The molecule has 1 saturated heterocycles. The van der Waals surface area contributed by atoms with Gasteiger partial charge < -0.3 is 5.32 Å². The number of aryl methyl sites for hydroxylation is 1. The van der Waals surface area contributed by atoms with E-state index >= 15 is 0 Å². The van der Waals surface area contributed by atoms with Gasteiger partial charge in [0.2, 0.25) is 0 Å². The number of imide groups is 1. The van der Waals surface area contributed by atoms with Crippen LogP contribution in [-0.4, -0.2) is 51.9 Å². The van der Waals surface area contributed by atoms with Crippen molar-refractivity contribution < 1.29 is 14.4 Å². The van der Waals surface area contributed by atoms with Gasteiger partial charge in [-0.25, -0.2) is 9.78 Å². The first-order chi connectivity index (χ1) is 15.3. The third kappa shape index (κ3) is 4.79. The highest BCUT2D eigenvalue weighted by atomic mass is 32.1. The minimum absolute atomic E-state index is 0.0215. The van der Waals surface area contributed by atoms with Crippen LogP contribution in [0.1, 0.15) is 23.9 Å². The lowest BCUT2D eigenvalue weighted by Gasteiger charge is -2.22. The largest absolute Gasteiger partial charge is 0.344 e. The number of rotatable bonds is 8. The predicted molar refractivity (Wildman–Crippen MR) is 123 cm³/mol. The molecule has 32 heavy (non-hydrogen) atoms. The number of hydrazine groups is 1. The van der Waals surface area contributed by atoms with E-state index in [4.69, 9.17) is 0 Å². The molecule has 8 nitrogen and oxygen atoms in total. The Balaban J connectivity index is 1.32. The maximum atomic E-state index is 12.9. The summed E-state index contributed by atoms with van der Waals surface area (Å²) in [4.78, 5) is 44.1. The molecule has 1 aromatic heterocycles. The number of likely N-dealkylation sites (N-methyl/N-ethyl adjacent to an activating group) is 1. The first-order valence-electron chi connectivity index (χ1n) is 10.4. The fourth-order valence-electron chi connectivity index (χ4n) is 3.67. The van der Waals surface area contributed by atoms with E-state index in [1.807, 2.05) is 54.6 Å².